The van der Waals surface area contributed by atoms with Crippen LogP contribution in [-0.2, 0) is 16.1 Å². The number of hydrogen-bond donors (Lipinski definition) is 2. The fourth-order valence-electron chi connectivity index (χ4n) is 1.08. The molecule has 0 bridgehead atoms. The first kappa shape index (κ1) is 11.9. The third-order valence-electron chi connectivity index (χ3n) is 1.78. The van der Waals surface area contributed by atoms with Crippen molar-refractivity contribution in [2.45, 2.75) is 13.5 Å². The van der Waals surface area contributed by atoms with Crippen molar-refractivity contribution in [1.29, 1.82) is 0 Å². The lowest BCUT2D eigenvalue weighted by atomic mass is 10.3. The Balaban J connectivity index is 2.24. The van der Waals surface area contributed by atoms with E-state index in [1.54, 1.807) is 6.07 Å². The first-order valence-electron chi connectivity index (χ1n) is 4.95. The summed E-state index contributed by atoms with van der Waals surface area (Å²) in [5.41, 5.74) is 3.34. The molecular formula is C10H17N3O2. The smallest absolute Gasteiger partial charge is 0.140 e. The van der Waals surface area contributed by atoms with Gasteiger partial charge in [0.25, 0.3) is 0 Å². The third kappa shape index (κ3) is 4.73. The maximum Gasteiger partial charge on any atom is 0.140 e. The van der Waals surface area contributed by atoms with Gasteiger partial charge in [0.1, 0.15) is 5.82 Å². The van der Waals surface area contributed by atoms with Crippen LogP contribution >= 0.6 is 0 Å². The van der Waals surface area contributed by atoms with E-state index in [9.17, 15) is 0 Å². The number of hydrogen-bond acceptors (Lipinski definition) is 5. The Bertz CT molecular complexity index is 281. The zero-order valence-corrected chi connectivity index (χ0v) is 8.90. The molecule has 5 heteroatoms. The van der Waals surface area contributed by atoms with Gasteiger partial charge < -0.3 is 14.9 Å². The predicted octanol–water partition coefficient (Wildman–Crippen LogP) is 0.920. The molecule has 1 aromatic heterocycles. The van der Waals surface area contributed by atoms with Gasteiger partial charge in [-0.25, -0.2) is 10.8 Å². The van der Waals surface area contributed by atoms with Gasteiger partial charge in [-0.2, -0.15) is 0 Å². The van der Waals surface area contributed by atoms with Gasteiger partial charge in [0.05, 0.1) is 25.5 Å². The monoisotopic (exact) mass is 211 g/mol. The summed E-state index contributed by atoms with van der Waals surface area (Å²) in [4.78, 5) is 4.21. The topological polar surface area (TPSA) is 69.4 Å². The van der Waals surface area contributed by atoms with Crippen molar-refractivity contribution in [3.8, 4) is 0 Å². The summed E-state index contributed by atoms with van der Waals surface area (Å²) in [5.74, 6) is 5.88. The molecule has 0 atom stereocenters. The molecule has 0 aliphatic carbocycles. The van der Waals surface area contributed by atoms with Crippen molar-refractivity contribution in [3.05, 3.63) is 23.9 Å². The number of aromatic nitrogens is 1. The zero-order chi connectivity index (χ0) is 10.9. The van der Waals surface area contributed by atoms with Crippen molar-refractivity contribution < 1.29 is 9.47 Å². The zero-order valence-electron chi connectivity index (χ0n) is 8.90. The Morgan fingerprint density at radius 2 is 2.13 bits per heavy atom. The maximum absolute atomic E-state index is 5.37. The summed E-state index contributed by atoms with van der Waals surface area (Å²) in [7, 11) is 0. The Morgan fingerprint density at radius 3 is 2.87 bits per heavy atom. The van der Waals surface area contributed by atoms with Crippen molar-refractivity contribution in [1.82, 2.24) is 4.98 Å². The van der Waals surface area contributed by atoms with Crippen molar-refractivity contribution in [2.75, 3.05) is 25.2 Å². The van der Waals surface area contributed by atoms with E-state index in [1.807, 2.05) is 19.1 Å². The molecule has 0 aliphatic rings. The second-order valence-electron chi connectivity index (χ2n) is 2.91. The van der Waals surface area contributed by atoms with Crippen LogP contribution in [0.25, 0.3) is 0 Å². The van der Waals surface area contributed by atoms with Gasteiger partial charge in [-0.15, -0.1) is 0 Å². The molecule has 0 unspecified atom stereocenters. The van der Waals surface area contributed by atoms with Gasteiger partial charge in [-0.3, -0.25) is 0 Å². The average Bonchev–Trinajstić information content (AvgIpc) is 2.29. The highest BCUT2D eigenvalue weighted by molar-refractivity contribution is 5.33. The molecule has 0 aliphatic heterocycles. The van der Waals surface area contributed by atoms with Gasteiger partial charge in [0, 0.05) is 6.61 Å². The van der Waals surface area contributed by atoms with Crippen LogP contribution in [0.1, 0.15) is 12.6 Å². The molecule has 1 heterocycles. The van der Waals surface area contributed by atoms with Crippen LogP contribution in [0.4, 0.5) is 5.82 Å². The largest absolute Gasteiger partial charge is 0.379 e. The molecular weight excluding hydrogens is 194 g/mol. The van der Waals surface area contributed by atoms with E-state index >= 15 is 0 Å². The van der Waals surface area contributed by atoms with Gasteiger partial charge in [0.2, 0.25) is 0 Å². The Hall–Kier alpha value is -1.17. The van der Waals surface area contributed by atoms with E-state index in [1.165, 1.54) is 0 Å². The van der Waals surface area contributed by atoms with Crippen LogP contribution in [-0.4, -0.2) is 24.8 Å². The van der Waals surface area contributed by atoms with Crippen molar-refractivity contribution >= 4 is 5.82 Å². The summed E-state index contributed by atoms with van der Waals surface area (Å²) in [6, 6.07) is 5.56. The third-order valence-corrected chi connectivity index (χ3v) is 1.78. The Morgan fingerprint density at radius 1 is 1.33 bits per heavy atom. The molecule has 1 aromatic rings. The minimum absolute atomic E-state index is 0.475. The highest BCUT2D eigenvalue weighted by Crippen LogP contribution is 2.03. The number of pyridine rings is 1. The summed E-state index contributed by atoms with van der Waals surface area (Å²) >= 11 is 0. The van der Waals surface area contributed by atoms with E-state index in [4.69, 9.17) is 15.3 Å². The fraction of sp³-hybridized carbons (Fsp3) is 0.500. The molecule has 3 N–H and O–H groups in total. The Kier molecular flexibility index (Phi) is 5.69. The quantitative estimate of drug-likeness (QED) is 0.399. The first-order valence-corrected chi connectivity index (χ1v) is 4.95. The number of hydrazine groups is 1. The minimum atomic E-state index is 0.475. The van der Waals surface area contributed by atoms with E-state index in [-0.39, 0.29) is 0 Å². The second-order valence-corrected chi connectivity index (χ2v) is 2.91. The van der Waals surface area contributed by atoms with Gasteiger partial charge in [0.15, 0.2) is 0 Å². The highest BCUT2D eigenvalue weighted by Gasteiger charge is 1.96. The summed E-state index contributed by atoms with van der Waals surface area (Å²) in [6.45, 7) is 4.34. The standard InChI is InChI=1S/C10H17N3O2/c1-2-14-6-7-15-8-9-4-3-5-10(12-9)13-11/h3-5H,2,6-8,11H2,1H3,(H,12,13). The average molecular weight is 211 g/mol. The molecule has 0 spiro atoms. The number of nitrogens with one attached hydrogen (secondary N) is 1. The normalized spacial score (nSPS) is 10.3. The molecule has 0 radical (unpaired) electrons. The lowest BCUT2D eigenvalue weighted by molar-refractivity contribution is 0.0441. The van der Waals surface area contributed by atoms with E-state index < -0.39 is 0 Å². The first-order chi connectivity index (χ1) is 7.36. The summed E-state index contributed by atoms with van der Waals surface area (Å²) in [6.07, 6.45) is 0. The second kappa shape index (κ2) is 7.17. The molecule has 0 aromatic carbocycles. The molecule has 0 saturated heterocycles. The van der Waals surface area contributed by atoms with Crippen LogP contribution in [0.5, 0.6) is 0 Å². The maximum atomic E-state index is 5.37. The predicted molar refractivity (Wildman–Crippen MR) is 58.2 cm³/mol. The highest BCUT2D eigenvalue weighted by atomic mass is 16.5. The molecule has 1 rings (SSSR count). The summed E-state index contributed by atoms with van der Waals surface area (Å²) < 4.78 is 10.5. The van der Waals surface area contributed by atoms with Crippen LogP contribution < -0.4 is 11.3 Å². The fourth-order valence-corrected chi connectivity index (χ4v) is 1.08. The lowest BCUT2D eigenvalue weighted by Gasteiger charge is -2.05. The van der Waals surface area contributed by atoms with Crippen molar-refractivity contribution in [2.24, 2.45) is 5.84 Å². The number of nitrogens with two attached hydrogens (primary N) is 1. The molecule has 15 heavy (non-hydrogen) atoms. The van der Waals surface area contributed by atoms with E-state index in [0.717, 1.165) is 5.69 Å². The summed E-state index contributed by atoms with van der Waals surface area (Å²) in [5, 5.41) is 0. The van der Waals surface area contributed by atoms with Gasteiger partial charge >= 0.3 is 0 Å². The van der Waals surface area contributed by atoms with Gasteiger partial charge in [-0.1, -0.05) is 6.07 Å². The van der Waals surface area contributed by atoms with Crippen LogP contribution in [0.15, 0.2) is 18.2 Å². The number of anilines is 1. The van der Waals surface area contributed by atoms with Crippen LogP contribution in [0.2, 0.25) is 0 Å². The van der Waals surface area contributed by atoms with Crippen molar-refractivity contribution in [3.63, 3.8) is 0 Å². The number of nitrogen functional groups attached to an aromatic ring is 1. The number of ether oxygens (including phenoxy) is 2. The van der Waals surface area contributed by atoms with E-state index in [0.29, 0.717) is 32.2 Å². The molecule has 0 fully saturated rings. The lowest BCUT2D eigenvalue weighted by Crippen LogP contribution is -2.10. The SMILES string of the molecule is CCOCCOCc1cccc(NN)n1. The van der Waals surface area contributed by atoms with Crippen LogP contribution in [0, 0.1) is 0 Å². The number of rotatable bonds is 7. The Labute approximate surface area is 89.6 Å². The molecule has 0 saturated carbocycles. The molecule has 84 valence electrons. The molecule has 0 amide bonds. The van der Waals surface area contributed by atoms with Crippen LogP contribution in [0.3, 0.4) is 0 Å². The minimum Gasteiger partial charge on any atom is -0.379 e. The molecule has 5 nitrogen and oxygen atoms in total. The number of nitrogens with zero attached hydrogens (tertiary/aromatic N) is 1. The van der Waals surface area contributed by atoms with Gasteiger partial charge in [-0.05, 0) is 19.1 Å². The van der Waals surface area contributed by atoms with E-state index in [2.05, 4.69) is 10.4 Å².